The molecule has 26 heavy (non-hydrogen) atoms. The van der Waals surface area contributed by atoms with E-state index < -0.39 is 0 Å². The van der Waals surface area contributed by atoms with Crippen LogP contribution in [0.15, 0.2) is 59.6 Å². The monoisotopic (exact) mass is 469 g/mol. The van der Waals surface area contributed by atoms with Gasteiger partial charge in [0.2, 0.25) is 0 Å². The van der Waals surface area contributed by atoms with Gasteiger partial charge in [0.05, 0.1) is 20.3 Å². The van der Waals surface area contributed by atoms with E-state index >= 15 is 0 Å². The number of rotatable bonds is 8. The third-order valence-corrected chi connectivity index (χ3v) is 3.95. The lowest BCUT2D eigenvalue weighted by molar-refractivity contribution is 0.265. The molecule has 0 aromatic heterocycles. The van der Waals surface area contributed by atoms with Gasteiger partial charge in [0.25, 0.3) is 0 Å². The molecule has 0 amide bonds. The van der Waals surface area contributed by atoms with Crippen molar-refractivity contribution >= 4 is 29.9 Å². The molecule has 1 atom stereocenters. The number of benzene rings is 2. The van der Waals surface area contributed by atoms with Crippen LogP contribution in [0.5, 0.6) is 5.75 Å². The van der Waals surface area contributed by atoms with Crippen molar-refractivity contribution in [2.75, 3.05) is 26.8 Å². The second-order valence-electron chi connectivity index (χ2n) is 5.68. The summed E-state index contributed by atoms with van der Waals surface area (Å²) in [6, 6.07) is 17.9. The predicted octanol–water partition coefficient (Wildman–Crippen LogP) is 3.14. The molecule has 0 aliphatic heterocycles. The van der Waals surface area contributed by atoms with E-state index in [0.29, 0.717) is 13.1 Å². The van der Waals surface area contributed by atoms with Crippen LogP contribution in [-0.4, -0.2) is 37.9 Å². The van der Waals surface area contributed by atoms with Crippen molar-refractivity contribution in [1.82, 2.24) is 10.6 Å². The van der Waals surface area contributed by atoms with Crippen LogP contribution in [0.1, 0.15) is 24.0 Å². The number of hydrogen-bond donors (Lipinski definition) is 3. The first-order valence-corrected chi connectivity index (χ1v) is 8.58. The summed E-state index contributed by atoms with van der Waals surface area (Å²) in [6.07, 6.45) is 0. The molecule has 0 heterocycles. The van der Waals surface area contributed by atoms with E-state index in [1.165, 1.54) is 0 Å². The van der Waals surface area contributed by atoms with Crippen LogP contribution in [0.3, 0.4) is 0 Å². The Labute approximate surface area is 172 Å². The van der Waals surface area contributed by atoms with Gasteiger partial charge in [-0.2, -0.15) is 0 Å². The molecule has 142 valence electrons. The highest BCUT2D eigenvalue weighted by Crippen LogP contribution is 2.18. The number of guanidine groups is 1. The molecule has 0 saturated carbocycles. The van der Waals surface area contributed by atoms with E-state index in [1.807, 2.05) is 61.5 Å². The minimum atomic E-state index is 0. The number of aliphatic imine (C=N–C) groups is 1. The minimum Gasteiger partial charge on any atom is -0.496 e. The van der Waals surface area contributed by atoms with E-state index in [1.54, 1.807) is 7.11 Å². The average molecular weight is 469 g/mol. The van der Waals surface area contributed by atoms with E-state index in [4.69, 9.17) is 4.74 Å². The second kappa shape index (κ2) is 12.5. The molecule has 1 unspecified atom stereocenters. The van der Waals surface area contributed by atoms with Gasteiger partial charge in [0, 0.05) is 24.6 Å². The van der Waals surface area contributed by atoms with Crippen molar-refractivity contribution in [3.05, 3.63) is 65.7 Å². The fourth-order valence-corrected chi connectivity index (χ4v) is 2.57. The maximum atomic E-state index is 9.68. The molecule has 6 heteroatoms. The number of para-hydroxylation sites is 1. The first-order valence-electron chi connectivity index (χ1n) is 8.58. The molecule has 2 aromatic rings. The summed E-state index contributed by atoms with van der Waals surface area (Å²) in [5, 5.41) is 16.2. The Morgan fingerprint density at radius 1 is 1.08 bits per heavy atom. The average Bonchev–Trinajstić information content (AvgIpc) is 2.67. The maximum Gasteiger partial charge on any atom is 0.191 e. The third-order valence-electron chi connectivity index (χ3n) is 3.95. The molecule has 0 saturated heterocycles. The summed E-state index contributed by atoms with van der Waals surface area (Å²) >= 11 is 0. The number of nitrogens with one attached hydrogen (secondary N) is 2. The Morgan fingerprint density at radius 2 is 1.77 bits per heavy atom. The fourth-order valence-electron chi connectivity index (χ4n) is 2.57. The van der Waals surface area contributed by atoms with Gasteiger partial charge in [-0.25, -0.2) is 4.99 Å². The summed E-state index contributed by atoms with van der Waals surface area (Å²) < 4.78 is 5.37. The molecule has 0 aliphatic carbocycles. The Hall–Kier alpha value is -1.80. The van der Waals surface area contributed by atoms with Crippen molar-refractivity contribution in [3.63, 3.8) is 0 Å². The normalized spacial score (nSPS) is 12.0. The third kappa shape index (κ3) is 6.84. The smallest absolute Gasteiger partial charge is 0.191 e. The summed E-state index contributed by atoms with van der Waals surface area (Å²) in [6.45, 7) is 4.02. The van der Waals surface area contributed by atoms with E-state index in [9.17, 15) is 5.11 Å². The van der Waals surface area contributed by atoms with Crippen molar-refractivity contribution in [1.29, 1.82) is 0 Å². The minimum absolute atomic E-state index is 0. The van der Waals surface area contributed by atoms with E-state index in [-0.39, 0.29) is 36.5 Å². The van der Waals surface area contributed by atoms with Crippen LogP contribution in [0.2, 0.25) is 0 Å². The maximum absolute atomic E-state index is 9.68. The number of nitrogens with zero attached hydrogens (tertiary/aromatic N) is 1. The topological polar surface area (TPSA) is 65.9 Å². The van der Waals surface area contributed by atoms with Crippen LogP contribution in [0.4, 0.5) is 0 Å². The SMILES string of the molecule is CCNC(=NCc1ccccc1OC)NCC(CO)c1ccccc1.I. The molecule has 3 N–H and O–H groups in total. The summed E-state index contributed by atoms with van der Waals surface area (Å²) in [4.78, 5) is 4.63. The lowest BCUT2D eigenvalue weighted by atomic mass is 10.0. The van der Waals surface area contributed by atoms with Gasteiger partial charge in [0.15, 0.2) is 5.96 Å². The standard InChI is InChI=1S/C20H27N3O2.HI/c1-3-21-20(22-13-17-11-7-8-12-19(17)25-2)23-14-18(15-24)16-9-5-4-6-10-16;/h4-12,18,24H,3,13-15H2,1-2H3,(H2,21,22,23);1H. The molecule has 2 rings (SSSR count). The Morgan fingerprint density at radius 3 is 2.42 bits per heavy atom. The molecule has 2 aromatic carbocycles. The van der Waals surface area contributed by atoms with Crippen molar-refractivity contribution in [3.8, 4) is 5.75 Å². The summed E-state index contributed by atoms with van der Waals surface area (Å²) in [7, 11) is 1.66. The number of ether oxygens (including phenoxy) is 1. The lowest BCUT2D eigenvalue weighted by Crippen LogP contribution is -2.39. The number of halogens is 1. The number of aliphatic hydroxyl groups is 1. The highest BCUT2D eigenvalue weighted by molar-refractivity contribution is 14.0. The number of aliphatic hydroxyl groups excluding tert-OH is 1. The van der Waals surface area contributed by atoms with Crippen molar-refractivity contribution in [2.24, 2.45) is 4.99 Å². The number of hydrogen-bond acceptors (Lipinski definition) is 3. The molecule has 5 nitrogen and oxygen atoms in total. The van der Waals surface area contributed by atoms with Gasteiger partial charge in [0.1, 0.15) is 5.75 Å². The molecular formula is C20H28IN3O2. The van der Waals surface area contributed by atoms with Crippen molar-refractivity contribution < 1.29 is 9.84 Å². The Kier molecular flexibility index (Phi) is 10.7. The zero-order valence-corrected chi connectivity index (χ0v) is 17.6. The molecule has 0 radical (unpaired) electrons. The molecule has 0 aliphatic rings. The zero-order chi connectivity index (χ0) is 17.9. The first-order chi connectivity index (χ1) is 12.3. The van der Waals surface area contributed by atoms with Crippen LogP contribution in [0, 0.1) is 0 Å². The quantitative estimate of drug-likeness (QED) is 0.316. The van der Waals surface area contributed by atoms with Gasteiger partial charge in [-0.1, -0.05) is 48.5 Å². The Bertz CT molecular complexity index is 665. The summed E-state index contributed by atoms with van der Waals surface area (Å²) in [5.74, 6) is 1.58. The molecule has 0 fully saturated rings. The molecule has 0 bridgehead atoms. The second-order valence-corrected chi connectivity index (χ2v) is 5.68. The van der Waals surface area contributed by atoms with Gasteiger partial charge >= 0.3 is 0 Å². The zero-order valence-electron chi connectivity index (χ0n) is 15.3. The van der Waals surface area contributed by atoms with Gasteiger partial charge in [-0.15, -0.1) is 24.0 Å². The van der Waals surface area contributed by atoms with Gasteiger partial charge in [-0.3, -0.25) is 0 Å². The van der Waals surface area contributed by atoms with E-state index in [2.05, 4.69) is 15.6 Å². The van der Waals surface area contributed by atoms with Crippen molar-refractivity contribution in [2.45, 2.75) is 19.4 Å². The molecule has 0 spiro atoms. The Balaban J connectivity index is 0.00000338. The van der Waals surface area contributed by atoms with E-state index in [0.717, 1.165) is 29.4 Å². The molecular weight excluding hydrogens is 441 g/mol. The van der Waals surface area contributed by atoms with Crippen LogP contribution >= 0.6 is 24.0 Å². The highest BCUT2D eigenvalue weighted by atomic mass is 127. The first kappa shape index (κ1) is 22.2. The number of methoxy groups -OCH3 is 1. The predicted molar refractivity (Wildman–Crippen MR) is 117 cm³/mol. The highest BCUT2D eigenvalue weighted by Gasteiger charge is 2.11. The van der Waals surface area contributed by atoms with Crippen LogP contribution in [-0.2, 0) is 6.54 Å². The van der Waals surface area contributed by atoms with Crippen LogP contribution < -0.4 is 15.4 Å². The largest absolute Gasteiger partial charge is 0.496 e. The van der Waals surface area contributed by atoms with Gasteiger partial charge in [-0.05, 0) is 18.6 Å². The lowest BCUT2D eigenvalue weighted by Gasteiger charge is -2.18. The van der Waals surface area contributed by atoms with Crippen LogP contribution in [0.25, 0.3) is 0 Å². The fraction of sp³-hybridized carbons (Fsp3) is 0.350. The van der Waals surface area contributed by atoms with Gasteiger partial charge < -0.3 is 20.5 Å². The summed E-state index contributed by atoms with van der Waals surface area (Å²) in [5.41, 5.74) is 2.14.